The summed E-state index contributed by atoms with van der Waals surface area (Å²) in [5.41, 5.74) is 6.12. The van der Waals surface area contributed by atoms with Crippen LogP contribution in [0.15, 0.2) is 53.7 Å². The summed E-state index contributed by atoms with van der Waals surface area (Å²) in [7, 11) is 1.60. The maximum atomic E-state index is 4.98. The highest BCUT2D eigenvalue weighted by molar-refractivity contribution is 5.88. The summed E-state index contributed by atoms with van der Waals surface area (Å²) in [4.78, 5) is 4.98. The second kappa shape index (κ2) is 6.90. The van der Waals surface area contributed by atoms with Crippen LogP contribution in [0.2, 0.25) is 0 Å². The number of benzene rings is 2. The highest BCUT2D eigenvalue weighted by Gasteiger charge is 2.05. The van der Waals surface area contributed by atoms with Crippen LogP contribution in [0.1, 0.15) is 22.3 Å². The normalized spacial score (nSPS) is 10.2. The van der Waals surface area contributed by atoms with Gasteiger partial charge in [-0.2, -0.15) is 0 Å². The molecule has 2 nitrogen and oxygen atoms in total. The van der Waals surface area contributed by atoms with Crippen LogP contribution in [0.5, 0.6) is 0 Å². The van der Waals surface area contributed by atoms with Gasteiger partial charge in [0.05, 0.1) is 5.71 Å². The second-order valence-electron chi connectivity index (χ2n) is 5.16. The molecule has 104 valence electrons. The molecule has 0 heterocycles. The molecule has 2 rings (SSSR count). The molecule has 0 unspecified atom stereocenters. The van der Waals surface area contributed by atoms with E-state index < -0.39 is 0 Å². The minimum absolute atomic E-state index is 0.821. The minimum Gasteiger partial charge on any atom is -0.399 e. The van der Waals surface area contributed by atoms with Crippen LogP contribution >= 0.6 is 0 Å². The van der Waals surface area contributed by atoms with Gasteiger partial charge in [0.2, 0.25) is 0 Å². The minimum atomic E-state index is 0.821. The Balaban J connectivity index is 2.09. The van der Waals surface area contributed by atoms with Crippen LogP contribution in [-0.4, -0.2) is 12.8 Å². The third-order valence-corrected chi connectivity index (χ3v) is 3.28. The average Bonchev–Trinajstić information content (AvgIpc) is 2.44. The fraction of sp³-hybridized carbons (Fsp3) is 0.278. The monoisotopic (exact) mass is 267 g/mol. The van der Waals surface area contributed by atoms with E-state index in [1.165, 1.54) is 22.3 Å². The third kappa shape index (κ3) is 4.23. The molecule has 2 aromatic carbocycles. The van der Waals surface area contributed by atoms with Gasteiger partial charge in [0.1, 0.15) is 7.11 Å². The van der Waals surface area contributed by atoms with Crippen molar-refractivity contribution in [1.29, 1.82) is 0 Å². The van der Waals surface area contributed by atoms with Gasteiger partial charge in [0.15, 0.2) is 0 Å². The van der Waals surface area contributed by atoms with Crippen molar-refractivity contribution in [1.82, 2.24) is 0 Å². The van der Waals surface area contributed by atoms with Crippen LogP contribution < -0.4 is 0 Å². The van der Waals surface area contributed by atoms with Gasteiger partial charge >= 0.3 is 0 Å². The predicted molar refractivity (Wildman–Crippen MR) is 84.2 cm³/mol. The summed E-state index contributed by atoms with van der Waals surface area (Å²) in [5, 5.41) is 4.18. The largest absolute Gasteiger partial charge is 0.399 e. The lowest BCUT2D eigenvalue weighted by atomic mass is 10.0. The van der Waals surface area contributed by atoms with E-state index in [9.17, 15) is 0 Å². The predicted octanol–water partition coefficient (Wildman–Crippen LogP) is 4.09. The summed E-state index contributed by atoms with van der Waals surface area (Å²) >= 11 is 0. The van der Waals surface area contributed by atoms with Crippen molar-refractivity contribution in [3.05, 3.63) is 70.8 Å². The molecule has 0 bridgehead atoms. The molecule has 0 fully saturated rings. The van der Waals surface area contributed by atoms with E-state index in [-0.39, 0.29) is 0 Å². The summed E-state index contributed by atoms with van der Waals surface area (Å²) in [6, 6.07) is 17.1. The van der Waals surface area contributed by atoms with E-state index in [2.05, 4.69) is 67.5 Å². The lowest BCUT2D eigenvalue weighted by molar-refractivity contribution is 0.212. The highest BCUT2D eigenvalue weighted by Crippen LogP contribution is 2.10. The van der Waals surface area contributed by atoms with Gasteiger partial charge < -0.3 is 4.84 Å². The van der Waals surface area contributed by atoms with Gasteiger partial charge in [-0.05, 0) is 25.0 Å². The van der Waals surface area contributed by atoms with Crippen molar-refractivity contribution in [2.75, 3.05) is 7.11 Å². The van der Waals surface area contributed by atoms with Crippen LogP contribution in [0.25, 0.3) is 0 Å². The summed E-state index contributed by atoms with van der Waals surface area (Å²) in [6.45, 7) is 4.19. The number of hydrogen-bond acceptors (Lipinski definition) is 2. The smallest absolute Gasteiger partial charge is 0.106 e. The van der Waals surface area contributed by atoms with Gasteiger partial charge in [0, 0.05) is 12.8 Å². The molecule has 0 spiro atoms. The van der Waals surface area contributed by atoms with E-state index in [4.69, 9.17) is 4.84 Å². The summed E-state index contributed by atoms with van der Waals surface area (Å²) in [5.74, 6) is 0. The highest BCUT2D eigenvalue weighted by atomic mass is 16.6. The van der Waals surface area contributed by atoms with E-state index in [1.54, 1.807) is 7.11 Å². The van der Waals surface area contributed by atoms with Gasteiger partial charge in [-0.3, -0.25) is 0 Å². The number of aryl methyl sites for hydroxylation is 2. The molecule has 2 heteroatoms. The molecule has 0 saturated carbocycles. The molecule has 0 aliphatic carbocycles. The molecule has 2 aromatic rings. The van der Waals surface area contributed by atoms with Crippen molar-refractivity contribution >= 4 is 5.71 Å². The molecular weight excluding hydrogens is 246 g/mol. The topological polar surface area (TPSA) is 21.6 Å². The fourth-order valence-corrected chi connectivity index (χ4v) is 2.14. The van der Waals surface area contributed by atoms with E-state index in [0.717, 1.165) is 18.6 Å². The maximum Gasteiger partial charge on any atom is 0.106 e. The summed E-state index contributed by atoms with van der Waals surface area (Å²) < 4.78 is 0. The SMILES string of the molecule is CON=C(Cc1ccc(C)cc1)Cc1ccc(C)cc1. The first-order valence-corrected chi connectivity index (χ1v) is 6.87. The van der Waals surface area contributed by atoms with E-state index in [0.29, 0.717) is 0 Å². The van der Waals surface area contributed by atoms with Crippen LogP contribution in [0.3, 0.4) is 0 Å². The Hall–Kier alpha value is -2.09. The zero-order valence-electron chi connectivity index (χ0n) is 12.4. The summed E-state index contributed by atoms with van der Waals surface area (Å²) in [6.07, 6.45) is 1.64. The van der Waals surface area contributed by atoms with Gasteiger partial charge in [0.25, 0.3) is 0 Å². The van der Waals surface area contributed by atoms with Crippen molar-refractivity contribution < 1.29 is 4.84 Å². The van der Waals surface area contributed by atoms with Gasteiger partial charge in [-0.1, -0.05) is 64.8 Å². The molecule has 20 heavy (non-hydrogen) atoms. The molecule has 0 radical (unpaired) electrons. The number of nitrogens with zero attached hydrogens (tertiary/aromatic N) is 1. The van der Waals surface area contributed by atoms with Crippen molar-refractivity contribution in [2.24, 2.45) is 5.16 Å². The molecule has 0 aromatic heterocycles. The van der Waals surface area contributed by atoms with E-state index >= 15 is 0 Å². The van der Waals surface area contributed by atoms with Crippen molar-refractivity contribution in [3.8, 4) is 0 Å². The van der Waals surface area contributed by atoms with Gasteiger partial charge in [-0.15, -0.1) is 0 Å². The fourth-order valence-electron chi connectivity index (χ4n) is 2.14. The average molecular weight is 267 g/mol. The molecular formula is C18H21NO. The first-order valence-electron chi connectivity index (χ1n) is 6.87. The Morgan fingerprint density at radius 1 is 0.800 bits per heavy atom. The van der Waals surface area contributed by atoms with Crippen LogP contribution in [-0.2, 0) is 17.7 Å². The van der Waals surface area contributed by atoms with E-state index in [1.807, 2.05) is 0 Å². The number of oxime groups is 1. The molecule has 0 aliphatic rings. The lowest BCUT2D eigenvalue weighted by Gasteiger charge is -2.07. The molecule has 0 atom stereocenters. The zero-order valence-corrected chi connectivity index (χ0v) is 12.4. The molecule has 0 saturated heterocycles. The first-order chi connectivity index (χ1) is 9.67. The van der Waals surface area contributed by atoms with Crippen molar-refractivity contribution in [3.63, 3.8) is 0 Å². The molecule has 0 N–H and O–H groups in total. The third-order valence-electron chi connectivity index (χ3n) is 3.28. The standard InChI is InChI=1S/C18H21NO/c1-14-4-8-16(9-5-14)12-18(19-20-3)13-17-10-6-15(2)7-11-17/h4-11H,12-13H2,1-3H3. The van der Waals surface area contributed by atoms with Gasteiger partial charge in [-0.25, -0.2) is 0 Å². The Labute approximate surface area is 121 Å². The lowest BCUT2D eigenvalue weighted by Crippen LogP contribution is -2.08. The van der Waals surface area contributed by atoms with Crippen LogP contribution in [0.4, 0.5) is 0 Å². The molecule has 0 aliphatic heterocycles. The number of rotatable bonds is 5. The molecule has 0 amide bonds. The zero-order chi connectivity index (χ0) is 14.4. The van der Waals surface area contributed by atoms with Crippen molar-refractivity contribution in [2.45, 2.75) is 26.7 Å². The Kier molecular flexibility index (Phi) is 4.94. The quantitative estimate of drug-likeness (QED) is 0.590. The Morgan fingerprint density at radius 2 is 1.20 bits per heavy atom. The Bertz CT molecular complexity index is 518. The number of hydrogen-bond donors (Lipinski definition) is 0. The first kappa shape index (κ1) is 14.3. The maximum absolute atomic E-state index is 4.98. The van der Waals surface area contributed by atoms with Crippen LogP contribution in [0, 0.1) is 13.8 Å². The second-order valence-corrected chi connectivity index (χ2v) is 5.16. The Morgan fingerprint density at radius 3 is 1.55 bits per heavy atom.